The third-order valence-corrected chi connectivity index (χ3v) is 9.44. The lowest BCUT2D eigenvalue weighted by atomic mass is 9.75. The predicted molar refractivity (Wildman–Crippen MR) is 195 cm³/mol. The number of aromatic nitrogens is 3. The fourth-order valence-electron chi connectivity index (χ4n) is 5.66. The first-order valence-electron chi connectivity index (χ1n) is 16.5. The van der Waals surface area contributed by atoms with Gasteiger partial charge in [0, 0.05) is 16.7 Å². The van der Waals surface area contributed by atoms with Crippen molar-refractivity contribution in [2.45, 2.75) is 91.3 Å². The molecule has 6 heteroatoms. The summed E-state index contributed by atoms with van der Waals surface area (Å²) in [5, 5.41) is 0. The molecule has 0 bridgehead atoms. The van der Waals surface area contributed by atoms with Crippen LogP contribution in [0.4, 0.5) is 0 Å². The number of hydrogen-bond donors (Lipinski definition) is 0. The van der Waals surface area contributed by atoms with Gasteiger partial charge in [0.1, 0.15) is 0 Å². The minimum Gasteiger partial charge on any atom is -0.399 e. The van der Waals surface area contributed by atoms with Crippen LogP contribution in [0.1, 0.15) is 80.4 Å². The minimum absolute atomic E-state index is 0.0223. The van der Waals surface area contributed by atoms with Gasteiger partial charge in [0.15, 0.2) is 17.5 Å². The molecule has 1 aromatic heterocycles. The zero-order valence-corrected chi connectivity index (χ0v) is 29.5. The van der Waals surface area contributed by atoms with Gasteiger partial charge >= 0.3 is 7.12 Å². The van der Waals surface area contributed by atoms with E-state index in [0.717, 1.165) is 33.3 Å². The molecule has 5 aromatic rings. The van der Waals surface area contributed by atoms with Crippen LogP contribution in [-0.2, 0) is 20.1 Å². The van der Waals surface area contributed by atoms with Crippen molar-refractivity contribution in [1.82, 2.24) is 15.0 Å². The Morgan fingerprint density at radius 3 is 1.28 bits per heavy atom. The van der Waals surface area contributed by atoms with Crippen molar-refractivity contribution >= 4 is 12.6 Å². The molecule has 47 heavy (non-hydrogen) atoms. The van der Waals surface area contributed by atoms with E-state index in [2.05, 4.69) is 106 Å². The molecule has 0 N–H and O–H groups in total. The highest BCUT2D eigenvalue weighted by Gasteiger charge is 2.51. The van der Waals surface area contributed by atoms with E-state index in [1.807, 2.05) is 60.7 Å². The van der Waals surface area contributed by atoms with E-state index in [9.17, 15) is 0 Å². The second-order valence-electron chi connectivity index (χ2n) is 15.8. The van der Waals surface area contributed by atoms with Crippen molar-refractivity contribution in [1.29, 1.82) is 0 Å². The van der Waals surface area contributed by atoms with E-state index in [1.54, 1.807) is 0 Å². The third-order valence-electron chi connectivity index (χ3n) is 9.44. The van der Waals surface area contributed by atoms with Crippen molar-refractivity contribution in [3.8, 4) is 45.3 Å². The molecule has 240 valence electrons. The molecule has 0 aliphatic carbocycles. The summed E-state index contributed by atoms with van der Waals surface area (Å²) in [6.07, 6.45) is 0. The molecule has 0 unspecified atom stereocenters. The van der Waals surface area contributed by atoms with Crippen molar-refractivity contribution in [2.75, 3.05) is 0 Å². The Hall–Kier alpha value is -4.13. The summed E-state index contributed by atoms with van der Waals surface area (Å²) in [4.78, 5) is 15.1. The van der Waals surface area contributed by atoms with E-state index in [1.165, 1.54) is 11.1 Å². The maximum absolute atomic E-state index is 6.60. The fourth-order valence-corrected chi connectivity index (χ4v) is 5.66. The topological polar surface area (TPSA) is 57.1 Å². The van der Waals surface area contributed by atoms with Gasteiger partial charge < -0.3 is 9.31 Å². The molecule has 1 saturated heterocycles. The summed E-state index contributed by atoms with van der Waals surface area (Å²) in [5.41, 5.74) is 7.46. The van der Waals surface area contributed by atoms with Gasteiger partial charge in [-0.25, -0.2) is 15.0 Å². The third kappa shape index (κ3) is 6.81. The van der Waals surface area contributed by atoms with Crippen molar-refractivity contribution < 1.29 is 9.31 Å². The first-order chi connectivity index (χ1) is 22.0. The molecule has 0 radical (unpaired) electrons. The van der Waals surface area contributed by atoms with E-state index in [-0.39, 0.29) is 10.8 Å². The van der Waals surface area contributed by atoms with Crippen LogP contribution in [0.5, 0.6) is 0 Å². The van der Waals surface area contributed by atoms with Crippen molar-refractivity contribution in [3.63, 3.8) is 0 Å². The van der Waals surface area contributed by atoms with E-state index in [4.69, 9.17) is 24.3 Å². The Bertz CT molecular complexity index is 1800. The van der Waals surface area contributed by atoms with E-state index in [0.29, 0.717) is 17.5 Å². The number of benzene rings is 4. The zero-order chi connectivity index (χ0) is 33.8. The van der Waals surface area contributed by atoms with Gasteiger partial charge in [-0.05, 0) is 72.3 Å². The quantitative estimate of drug-likeness (QED) is 0.183. The SMILES string of the molecule is CC(C)(C)c1cc(-c2cc(B3OC(C)(C)C(C)(C)O3)cc(-c3nc(-c4ccccc4)nc(-c4ccccc4)n3)c2)cc(C(C)(C)C)c1. The van der Waals surface area contributed by atoms with Gasteiger partial charge in [-0.2, -0.15) is 0 Å². The predicted octanol–water partition coefficient (Wildman–Crippen LogP) is 9.43. The Morgan fingerprint density at radius 1 is 0.468 bits per heavy atom. The second-order valence-corrected chi connectivity index (χ2v) is 15.8. The van der Waals surface area contributed by atoms with Gasteiger partial charge in [0.2, 0.25) is 0 Å². The highest BCUT2D eigenvalue weighted by molar-refractivity contribution is 6.62. The monoisotopic (exact) mass is 623 g/mol. The average molecular weight is 624 g/mol. The highest BCUT2D eigenvalue weighted by Crippen LogP contribution is 2.39. The van der Waals surface area contributed by atoms with Gasteiger partial charge in [-0.1, -0.05) is 133 Å². The molecule has 0 saturated carbocycles. The van der Waals surface area contributed by atoms with Gasteiger partial charge in [0.05, 0.1) is 11.2 Å². The van der Waals surface area contributed by atoms with Crippen LogP contribution in [0.2, 0.25) is 0 Å². The lowest BCUT2D eigenvalue weighted by Gasteiger charge is -2.32. The highest BCUT2D eigenvalue weighted by atomic mass is 16.7. The van der Waals surface area contributed by atoms with Crippen LogP contribution in [0, 0.1) is 0 Å². The van der Waals surface area contributed by atoms with Crippen LogP contribution in [0.25, 0.3) is 45.3 Å². The number of rotatable bonds is 5. The molecule has 1 aliphatic rings. The molecule has 0 atom stereocenters. The molecule has 0 amide bonds. The average Bonchev–Trinajstić information content (AvgIpc) is 3.26. The van der Waals surface area contributed by atoms with Crippen molar-refractivity contribution in [2.24, 2.45) is 0 Å². The normalized spacial score (nSPS) is 16.0. The largest absolute Gasteiger partial charge is 0.494 e. The lowest BCUT2D eigenvalue weighted by molar-refractivity contribution is 0.00578. The number of hydrogen-bond acceptors (Lipinski definition) is 5. The first-order valence-corrected chi connectivity index (χ1v) is 16.5. The summed E-state index contributed by atoms with van der Waals surface area (Å²) in [5.74, 6) is 1.85. The van der Waals surface area contributed by atoms with E-state index < -0.39 is 18.3 Å². The van der Waals surface area contributed by atoms with Crippen LogP contribution in [-0.4, -0.2) is 33.3 Å². The molecule has 1 aliphatic heterocycles. The van der Waals surface area contributed by atoms with Crippen LogP contribution < -0.4 is 5.46 Å². The summed E-state index contributed by atoms with van der Waals surface area (Å²) in [6, 6.07) is 33.7. The maximum atomic E-state index is 6.60. The summed E-state index contributed by atoms with van der Waals surface area (Å²) in [7, 11) is -0.546. The molecule has 1 fully saturated rings. The molecule has 4 aromatic carbocycles. The summed E-state index contributed by atoms with van der Waals surface area (Å²) >= 11 is 0. The molecule has 6 rings (SSSR count). The summed E-state index contributed by atoms with van der Waals surface area (Å²) in [6.45, 7) is 22.0. The maximum Gasteiger partial charge on any atom is 0.494 e. The zero-order valence-electron chi connectivity index (χ0n) is 29.5. The molecular weight excluding hydrogens is 577 g/mol. The lowest BCUT2D eigenvalue weighted by Crippen LogP contribution is -2.41. The van der Waals surface area contributed by atoms with Gasteiger partial charge in [-0.3, -0.25) is 0 Å². The smallest absolute Gasteiger partial charge is 0.399 e. The first kappa shape index (κ1) is 32.8. The van der Waals surface area contributed by atoms with E-state index >= 15 is 0 Å². The Labute approximate surface area is 281 Å². The Morgan fingerprint density at radius 2 is 0.851 bits per heavy atom. The molecule has 2 heterocycles. The van der Waals surface area contributed by atoms with Crippen LogP contribution in [0.3, 0.4) is 0 Å². The molecular formula is C41H46BN3O2. The van der Waals surface area contributed by atoms with Crippen LogP contribution >= 0.6 is 0 Å². The second kappa shape index (κ2) is 11.8. The molecule has 0 spiro atoms. The standard InChI is InChI=1S/C41H46BN3O2/c1-38(2,3)32-22-30(23-33(26-32)39(4,5)6)29-21-31(25-34(24-29)42-46-40(7,8)41(9,10)47-42)37-44-35(27-17-13-11-14-18-27)43-36(45-37)28-19-15-12-16-20-28/h11-26H,1-10H3. The number of nitrogens with zero attached hydrogens (tertiary/aromatic N) is 3. The molecule has 5 nitrogen and oxygen atoms in total. The minimum atomic E-state index is -0.546. The van der Waals surface area contributed by atoms with Gasteiger partial charge in [-0.15, -0.1) is 0 Å². The van der Waals surface area contributed by atoms with Gasteiger partial charge in [0.25, 0.3) is 0 Å². The fraction of sp³-hybridized carbons (Fsp3) is 0.341. The Balaban J connectivity index is 1.60. The Kier molecular flexibility index (Phi) is 8.26. The van der Waals surface area contributed by atoms with Crippen molar-refractivity contribution in [3.05, 3.63) is 108 Å². The summed E-state index contributed by atoms with van der Waals surface area (Å²) < 4.78 is 13.2. The van der Waals surface area contributed by atoms with Crippen LogP contribution in [0.15, 0.2) is 97.1 Å².